The van der Waals surface area contributed by atoms with Crippen molar-refractivity contribution in [3.8, 4) is 5.75 Å². The van der Waals surface area contributed by atoms with Crippen LogP contribution in [0.1, 0.15) is 97.9 Å². The highest BCUT2D eigenvalue weighted by Crippen LogP contribution is 2.37. The Morgan fingerprint density at radius 2 is 1.51 bits per heavy atom. The Bertz CT molecular complexity index is 1760. The number of nitrogens with zero attached hydrogens (tertiary/aromatic N) is 3. The van der Waals surface area contributed by atoms with Gasteiger partial charge in [-0.25, -0.2) is 0 Å². The molecule has 2 amide bonds. The van der Waals surface area contributed by atoms with Crippen molar-refractivity contribution in [1.29, 1.82) is 0 Å². The predicted octanol–water partition coefficient (Wildman–Crippen LogP) is 8.75. The lowest BCUT2D eigenvalue weighted by atomic mass is 9.97. The Morgan fingerprint density at radius 1 is 0.816 bits per heavy atom. The number of anilines is 2. The summed E-state index contributed by atoms with van der Waals surface area (Å²) in [5.74, 6) is 0.229. The number of amides is 2. The van der Waals surface area contributed by atoms with Gasteiger partial charge in [-0.15, -0.1) is 0 Å². The molecule has 0 spiro atoms. The summed E-state index contributed by atoms with van der Waals surface area (Å²) < 4.78 is 0. The summed E-state index contributed by atoms with van der Waals surface area (Å²) in [6.45, 7) is 19.2. The fourth-order valence-corrected chi connectivity index (χ4v) is 7.52. The van der Waals surface area contributed by atoms with Crippen molar-refractivity contribution < 1.29 is 14.7 Å². The molecule has 49 heavy (non-hydrogen) atoms. The average molecular weight is 662 g/mol. The highest BCUT2D eigenvalue weighted by atomic mass is 16.3. The fourth-order valence-electron chi connectivity index (χ4n) is 7.52. The van der Waals surface area contributed by atoms with Crippen molar-refractivity contribution in [2.75, 3.05) is 42.5 Å². The van der Waals surface area contributed by atoms with Gasteiger partial charge in [0.15, 0.2) is 0 Å². The minimum atomic E-state index is -0.0134. The van der Waals surface area contributed by atoms with E-state index in [1.54, 1.807) is 12.1 Å². The standard InChI is InChI=1S/C43H55N3O3/c1-8-19-44(20-9-2)21-11-12-33-14-16-40-35(26-33)17-22-45(40)42(48)31(6)25-39-29(4)13-15-41-38(39)18-23-46(41)43(49)34(10-3)27-36-28-37(47)24-30(5)32(36)7/h13-16,24-28,47H,8-12,17-23H2,1-7H3/b31-25+,34-27+. The molecule has 2 heterocycles. The van der Waals surface area contributed by atoms with Gasteiger partial charge in [0, 0.05) is 35.6 Å². The number of fused-ring (bicyclic) bond motifs is 2. The lowest BCUT2D eigenvalue weighted by Crippen LogP contribution is -2.30. The quantitative estimate of drug-likeness (QED) is 0.186. The van der Waals surface area contributed by atoms with Gasteiger partial charge in [0.25, 0.3) is 11.8 Å². The third-order valence-electron chi connectivity index (χ3n) is 10.4. The topological polar surface area (TPSA) is 64.1 Å². The van der Waals surface area contributed by atoms with Crippen LogP contribution in [0.2, 0.25) is 0 Å². The Kier molecular flexibility index (Phi) is 11.8. The second kappa shape index (κ2) is 16.0. The maximum atomic E-state index is 13.9. The SMILES string of the molecule is CCCN(CCC)CCCc1ccc2c(c1)CCN2C(=O)/C(C)=C/c1c(C)ccc2c1CCN2C(=O)/C(=C/c1cc(O)cc(C)c1C)CC. The van der Waals surface area contributed by atoms with Crippen molar-refractivity contribution in [1.82, 2.24) is 4.90 Å². The van der Waals surface area contributed by atoms with E-state index in [1.807, 2.05) is 55.7 Å². The number of aryl methyl sites for hydroxylation is 3. The van der Waals surface area contributed by atoms with Gasteiger partial charge in [-0.3, -0.25) is 9.59 Å². The zero-order valence-corrected chi connectivity index (χ0v) is 30.8. The van der Waals surface area contributed by atoms with Crippen molar-refractivity contribution in [3.05, 3.63) is 98.1 Å². The fraction of sp³-hybridized carbons (Fsp3) is 0.442. The molecule has 2 aliphatic heterocycles. The van der Waals surface area contributed by atoms with E-state index in [-0.39, 0.29) is 17.6 Å². The zero-order valence-electron chi connectivity index (χ0n) is 30.8. The Hall–Kier alpha value is -4.16. The molecule has 3 aromatic carbocycles. The molecular weight excluding hydrogens is 606 g/mol. The number of hydrogen-bond acceptors (Lipinski definition) is 4. The first-order chi connectivity index (χ1) is 23.6. The van der Waals surface area contributed by atoms with Gasteiger partial charge in [-0.2, -0.15) is 0 Å². The summed E-state index contributed by atoms with van der Waals surface area (Å²) in [4.78, 5) is 34.2. The van der Waals surface area contributed by atoms with Crippen LogP contribution in [-0.2, 0) is 28.9 Å². The molecule has 0 aliphatic carbocycles. The van der Waals surface area contributed by atoms with E-state index in [9.17, 15) is 14.7 Å². The molecule has 0 bridgehead atoms. The maximum Gasteiger partial charge on any atom is 0.254 e. The van der Waals surface area contributed by atoms with Crippen LogP contribution in [0.5, 0.6) is 5.75 Å². The summed E-state index contributed by atoms with van der Waals surface area (Å²) in [6.07, 6.45) is 10.8. The average Bonchev–Trinajstić information content (AvgIpc) is 3.71. The highest BCUT2D eigenvalue weighted by molar-refractivity contribution is 6.11. The first kappa shape index (κ1) is 36.1. The van der Waals surface area contributed by atoms with Crippen LogP contribution >= 0.6 is 0 Å². The minimum Gasteiger partial charge on any atom is -0.508 e. The van der Waals surface area contributed by atoms with Crippen molar-refractivity contribution in [3.63, 3.8) is 0 Å². The molecule has 6 nitrogen and oxygen atoms in total. The molecule has 0 fully saturated rings. The molecule has 0 atom stereocenters. The number of carbonyl (C=O) groups is 2. The zero-order chi connectivity index (χ0) is 35.2. The van der Waals surface area contributed by atoms with Gasteiger partial charge in [0.2, 0.25) is 0 Å². The van der Waals surface area contributed by atoms with E-state index >= 15 is 0 Å². The van der Waals surface area contributed by atoms with Crippen LogP contribution in [0.15, 0.2) is 53.6 Å². The smallest absolute Gasteiger partial charge is 0.254 e. The second-order valence-corrected chi connectivity index (χ2v) is 13.9. The molecule has 0 saturated heterocycles. The van der Waals surface area contributed by atoms with Gasteiger partial charge in [-0.1, -0.05) is 39.0 Å². The summed E-state index contributed by atoms with van der Waals surface area (Å²) in [7, 11) is 0. The van der Waals surface area contributed by atoms with E-state index in [1.165, 1.54) is 37.1 Å². The van der Waals surface area contributed by atoms with Crippen LogP contribution in [0, 0.1) is 20.8 Å². The Labute approximate surface area is 294 Å². The van der Waals surface area contributed by atoms with Crippen molar-refractivity contribution in [2.24, 2.45) is 0 Å². The van der Waals surface area contributed by atoms with E-state index in [4.69, 9.17) is 0 Å². The molecule has 6 heteroatoms. The van der Waals surface area contributed by atoms with Crippen LogP contribution in [0.4, 0.5) is 11.4 Å². The van der Waals surface area contributed by atoms with Gasteiger partial charge in [-0.05, 0) is 173 Å². The van der Waals surface area contributed by atoms with Gasteiger partial charge >= 0.3 is 0 Å². The van der Waals surface area contributed by atoms with Crippen LogP contribution in [-0.4, -0.2) is 54.5 Å². The van der Waals surface area contributed by atoms with Crippen molar-refractivity contribution in [2.45, 2.75) is 93.4 Å². The van der Waals surface area contributed by atoms with E-state index in [0.29, 0.717) is 30.7 Å². The third-order valence-corrected chi connectivity index (χ3v) is 10.4. The number of phenolic OH excluding ortho intramolecular Hbond substituents is 1. The van der Waals surface area contributed by atoms with Gasteiger partial charge in [0.05, 0.1) is 0 Å². The minimum absolute atomic E-state index is 0.0134. The molecule has 2 aliphatic rings. The summed E-state index contributed by atoms with van der Waals surface area (Å²) in [5, 5.41) is 10.2. The van der Waals surface area contributed by atoms with E-state index < -0.39 is 0 Å². The summed E-state index contributed by atoms with van der Waals surface area (Å²) >= 11 is 0. The lowest BCUT2D eigenvalue weighted by Gasteiger charge is -2.21. The molecule has 5 rings (SSSR count). The largest absolute Gasteiger partial charge is 0.508 e. The Morgan fingerprint density at radius 3 is 2.22 bits per heavy atom. The number of carbonyl (C=O) groups excluding carboxylic acids is 2. The van der Waals surface area contributed by atoms with Gasteiger partial charge in [0.1, 0.15) is 5.75 Å². The molecule has 0 unspecified atom stereocenters. The second-order valence-electron chi connectivity index (χ2n) is 13.9. The third kappa shape index (κ3) is 8.02. The molecular formula is C43H55N3O3. The molecule has 1 N–H and O–H groups in total. The number of hydrogen-bond donors (Lipinski definition) is 1. The predicted molar refractivity (Wildman–Crippen MR) is 205 cm³/mol. The molecule has 3 aromatic rings. The number of phenols is 1. The van der Waals surface area contributed by atoms with Crippen molar-refractivity contribution >= 4 is 35.3 Å². The normalized spacial score (nSPS) is 14.5. The highest BCUT2D eigenvalue weighted by Gasteiger charge is 2.30. The van der Waals surface area contributed by atoms with E-state index in [0.717, 1.165) is 77.0 Å². The summed E-state index contributed by atoms with van der Waals surface area (Å²) in [6, 6.07) is 14.2. The molecule has 0 radical (unpaired) electrons. The monoisotopic (exact) mass is 661 g/mol. The maximum absolute atomic E-state index is 13.9. The molecule has 0 aromatic heterocycles. The lowest BCUT2D eigenvalue weighted by molar-refractivity contribution is -0.115. The number of benzene rings is 3. The number of aromatic hydroxyl groups is 1. The van der Waals surface area contributed by atoms with Crippen LogP contribution < -0.4 is 9.80 Å². The molecule has 260 valence electrons. The van der Waals surface area contributed by atoms with Crippen LogP contribution in [0.25, 0.3) is 12.2 Å². The summed E-state index contributed by atoms with van der Waals surface area (Å²) in [5.41, 5.74) is 12.1. The van der Waals surface area contributed by atoms with E-state index in [2.05, 4.69) is 49.9 Å². The first-order valence-electron chi connectivity index (χ1n) is 18.4. The van der Waals surface area contributed by atoms with Gasteiger partial charge < -0.3 is 19.8 Å². The molecule has 0 saturated carbocycles. The number of rotatable bonds is 13. The Balaban J connectivity index is 1.32. The first-order valence-corrected chi connectivity index (χ1v) is 18.4. The van der Waals surface area contributed by atoms with Crippen LogP contribution in [0.3, 0.4) is 0 Å².